The number of nitrogens with two attached hydrogens (primary N) is 2. The molecule has 1 aromatic heterocycles. The van der Waals surface area contributed by atoms with Gasteiger partial charge in [0.15, 0.2) is 17.5 Å². The molecule has 0 radical (unpaired) electrons. The number of ether oxygens (including phenoxy) is 1. The van der Waals surface area contributed by atoms with Gasteiger partial charge in [-0.15, -0.1) is 11.8 Å². The van der Waals surface area contributed by atoms with Gasteiger partial charge in [-0.2, -0.15) is 0 Å². The second kappa shape index (κ2) is 50.0. The first-order chi connectivity index (χ1) is 64.2. The average Bonchev–Trinajstić information content (AvgIpc) is 1.78. The zero-order valence-electron chi connectivity index (χ0n) is 75.4. The fraction of sp³-hybridized carbons (Fsp3) is 0.467. The molecule has 4 heterocycles. The van der Waals surface area contributed by atoms with E-state index in [1.165, 1.54) is 64.3 Å². The fourth-order valence-electron chi connectivity index (χ4n) is 16.1. The Morgan fingerprint density at radius 2 is 1.10 bits per heavy atom. The monoisotopic (exact) mass is 1900 g/mol. The molecule has 135 heavy (non-hydrogen) atoms. The van der Waals surface area contributed by atoms with E-state index >= 15 is 51.9 Å². The van der Waals surface area contributed by atoms with Gasteiger partial charge in [-0.1, -0.05) is 106 Å². The lowest BCUT2D eigenvalue weighted by molar-refractivity contribution is -0.152. The van der Waals surface area contributed by atoms with Crippen LogP contribution in [0, 0.1) is 29.2 Å². The number of hydrogen-bond donors (Lipinski definition) is 15. The summed E-state index contributed by atoms with van der Waals surface area (Å²) in [7, 11) is 3.53. The minimum absolute atomic E-state index is 0.00553. The number of aromatic amines is 1. The number of aromatic nitrogens is 1. The van der Waals surface area contributed by atoms with Crippen LogP contribution in [-0.2, 0) is 118 Å². The second-order valence-electron chi connectivity index (χ2n) is 33.8. The first-order valence-corrected chi connectivity index (χ1v) is 45.3. The summed E-state index contributed by atoms with van der Waals surface area (Å²) in [4.78, 5) is 258. The standard InChI is InChI=1S/C92H115F4N17O21S/c1-7-8-21-70-91(132)112-34-15-22-69(112)85(126)106-66(44-77(119)120)84(125)108-79(50(2)3)92(133)110(5)71(41-51-16-10-9-11-17-51)86(127)103-63(31-32-76(117)118)89(130)113-35-36-134-47-73(113)87(128)105-65(43-55-45-99-61-19-13-12-18-58(55)61)83(124)104-64(39-52-25-29-57(114)30-26-52)82(123)102-62(20-14-33-97)81(122)107-68(80(121)100-46-74(98)115)48-135-49-75(116)101-67(40-54-37-59(94)78(96)60(95)38-54)88(129)111(6)72(90(131)109(70)4)42-53-23-27-56(93)28-24-53/h9-13,16-19,23-30,37-38,45,50,62-73,79,99,114H,7-8,14-15,20-22,31-36,39-44,46-49,97H2,1-6H3,(H2,98,115)(H,100,121)(H,101,116)(H,102,123)(H,103,127)(H,104,124)(H,105,128)(H,106,126)(H,107,122)(H,108,125)(H,117,118)(H,119,120)/t62-,63-,64-,65+,66-,67-,68-,69+,70-,71-,72-,73+,79+/m0/s1. The van der Waals surface area contributed by atoms with E-state index in [4.69, 9.17) is 16.2 Å². The molecule has 3 saturated heterocycles. The number of carboxylic acid groups (broad SMARTS) is 2. The van der Waals surface area contributed by atoms with E-state index in [1.54, 1.807) is 67.7 Å². The number of para-hydroxylation sites is 1. The summed E-state index contributed by atoms with van der Waals surface area (Å²) < 4.78 is 65.6. The number of primary amides is 1. The summed E-state index contributed by atoms with van der Waals surface area (Å²) in [5, 5.41) is 54.5. The molecule has 43 heteroatoms. The smallest absolute Gasteiger partial charge is 0.305 e. The molecule has 0 spiro atoms. The van der Waals surface area contributed by atoms with Crippen molar-refractivity contribution in [1.29, 1.82) is 0 Å². The Hall–Kier alpha value is -13.6. The topological polar surface area (TPSA) is 552 Å². The van der Waals surface area contributed by atoms with Crippen molar-refractivity contribution < 1.29 is 119 Å². The summed E-state index contributed by atoms with van der Waals surface area (Å²) in [5.41, 5.74) is 13.0. The molecular weight excluding hydrogens is 1790 g/mol. The summed E-state index contributed by atoms with van der Waals surface area (Å²) in [5.74, 6) is -27.4. The summed E-state index contributed by atoms with van der Waals surface area (Å²) in [6.45, 7) is 2.52. The van der Waals surface area contributed by atoms with Gasteiger partial charge in [-0.25, -0.2) is 17.6 Å². The van der Waals surface area contributed by atoms with Crippen LogP contribution in [0.3, 0.4) is 0 Å². The van der Waals surface area contributed by atoms with E-state index in [-0.39, 0.29) is 88.9 Å². The molecule has 0 saturated carbocycles. The van der Waals surface area contributed by atoms with Crippen molar-refractivity contribution in [2.24, 2.45) is 17.4 Å². The molecular formula is C92H115F4N17O21S. The molecule has 38 nitrogen and oxygen atoms in total. The van der Waals surface area contributed by atoms with Crippen molar-refractivity contribution in [2.75, 3.05) is 72.0 Å². The maximum Gasteiger partial charge on any atom is 0.305 e. The number of benzene rings is 5. The van der Waals surface area contributed by atoms with Crippen LogP contribution < -0.4 is 59.3 Å². The maximum atomic E-state index is 15.7. The first-order valence-electron chi connectivity index (χ1n) is 44.2. The molecule has 0 bridgehead atoms. The molecule has 9 rings (SSSR count). The number of nitrogens with zero attached hydrogens (tertiary/aromatic N) is 5. The van der Waals surface area contributed by atoms with Gasteiger partial charge in [0.25, 0.3) is 0 Å². The minimum atomic E-state index is -2.00. The Balaban J connectivity index is 1.14. The predicted molar refractivity (Wildman–Crippen MR) is 482 cm³/mol. The Bertz CT molecular complexity index is 5250. The zero-order chi connectivity index (χ0) is 98.6. The van der Waals surface area contributed by atoms with Crippen molar-refractivity contribution in [3.05, 3.63) is 173 Å². The van der Waals surface area contributed by atoms with Crippen molar-refractivity contribution >= 4 is 123 Å². The van der Waals surface area contributed by atoms with Gasteiger partial charge in [0.05, 0.1) is 31.9 Å². The highest BCUT2D eigenvalue weighted by Crippen LogP contribution is 2.28. The van der Waals surface area contributed by atoms with Crippen molar-refractivity contribution in [3.63, 3.8) is 0 Å². The molecule has 3 aliphatic rings. The molecule has 0 aliphatic carbocycles. The van der Waals surface area contributed by atoms with Crippen molar-refractivity contribution in [1.82, 2.24) is 77.3 Å². The molecule has 3 aliphatic heterocycles. The molecule has 3 fully saturated rings. The van der Waals surface area contributed by atoms with Gasteiger partial charge in [0.2, 0.25) is 88.6 Å². The van der Waals surface area contributed by atoms with Crippen LogP contribution in [0.4, 0.5) is 17.6 Å². The number of unbranched alkanes of at least 4 members (excludes halogenated alkanes) is 1. The summed E-state index contributed by atoms with van der Waals surface area (Å²) in [6.07, 6.45) is -3.08. The van der Waals surface area contributed by atoms with Gasteiger partial charge in [-0.05, 0) is 121 Å². The molecule has 6 aromatic rings. The predicted octanol–water partition coefficient (Wildman–Crippen LogP) is 0.794. The Morgan fingerprint density at radius 3 is 1.76 bits per heavy atom. The van der Waals surface area contributed by atoms with E-state index in [2.05, 4.69) is 52.8 Å². The zero-order valence-corrected chi connectivity index (χ0v) is 76.2. The number of aliphatic carboxylic acids is 2. The van der Waals surface area contributed by atoms with Gasteiger partial charge in [0.1, 0.15) is 90.1 Å². The quantitative estimate of drug-likeness (QED) is 0.0278. The summed E-state index contributed by atoms with van der Waals surface area (Å²) >= 11 is 0.616. The van der Waals surface area contributed by atoms with Crippen LogP contribution in [0.15, 0.2) is 121 Å². The lowest BCUT2D eigenvalue weighted by Crippen LogP contribution is -2.64. The number of carboxylic acids is 2. The Kier molecular flexibility index (Phi) is 38.9. The van der Waals surface area contributed by atoms with E-state index in [1.807, 2.05) is 0 Å². The second-order valence-corrected chi connectivity index (χ2v) is 34.8. The molecule has 728 valence electrons. The SMILES string of the molecule is CCCC[C@H]1C(=O)N2CCC[C@@H]2C(=O)N[C@@H](CC(=O)O)C(=O)N[C@H](C(C)C)C(=O)N(C)[C@@H](Cc2ccccc2)C(=O)N[C@@H](CCC(=O)O)C(=O)N2CCOC[C@@H]2C(=O)N[C@H](Cc2c[nH]c3ccccc23)C(=O)N[C@@H](Cc2ccc(O)cc2)C(=O)N[C@@H](CCCN)C(=O)N[C@H](C(=O)NCC(N)=O)CSCC(=O)N[C@@H](Cc2cc(F)c(F)c(F)c2)C(=O)N(C)[C@@H](Cc2ccc(F)cc2)C(=O)N1C. The Labute approximate surface area is 779 Å². The number of halogens is 4. The van der Waals surface area contributed by atoms with Gasteiger partial charge in [0, 0.05) is 95.6 Å². The third-order valence-electron chi connectivity index (χ3n) is 23.6. The lowest BCUT2D eigenvalue weighted by Gasteiger charge is -2.38. The lowest BCUT2D eigenvalue weighted by atomic mass is 9.98. The number of hydrogen-bond acceptors (Lipinski definition) is 21. The normalized spacial score (nSPS) is 23.5. The molecule has 13 atom stereocenters. The highest BCUT2D eigenvalue weighted by atomic mass is 32.2. The van der Waals surface area contributed by atoms with E-state index < -0.39 is 277 Å². The van der Waals surface area contributed by atoms with E-state index in [9.17, 15) is 62.5 Å². The van der Waals surface area contributed by atoms with Crippen LogP contribution in [0.5, 0.6) is 5.75 Å². The number of aromatic hydroxyl groups is 1. The number of rotatable bonds is 25. The van der Waals surface area contributed by atoms with Crippen LogP contribution >= 0.6 is 11.8 Å². The molecule has 5 aromatic carbocycles. The van der Waals surface area contributed by atoms with E-state index in [0.717, 1.165) is 43.7 Å². The number of morpholine rings is 1. The average molecular weight is 1900 g/mol. The number of thioether (sulfide) groups is 1. The van der Waals surface area contributed by atoms with Gasteiger partial charge in [-0.3, -0.25) is 81.5 Å². The number of carbonyl (C=O) groups excluding carboxylic acids is 15. The fourth-order valence-corrected chi connectivity index (χ4v) is 17.0. The van der Waals surface area contributed by atoms with Crippen LogP contribution in [0.1, 0.15) is 113 Å². The molecule has 17 N–H and O–H groups in total. The number of carbonyl (C=O) groups is 17. The number of fused-ring (bicyclic) bond motifs is 3. The summed E-state index contributed by atoms with van der Waals surface area (Å²) in [6, 6.07) is 3.80. The number of nitrogens with one attached hydrogen (secondary N) is 10. The van der Waals surface area contributed by atoms with Crippen molar-refractivity contribution in [2.45, 2.75) is 196 Å². The third kappa shape index (κ3) is 29.5. The van der Waals surface area contributed by atoms with Gasteiger partial charge >= 0.3 is 11.9 Å². The van der Waals surface area contributed by atoms with E-state index in [0.29, 0.717) is 57.9 Å². The minimum Gasteiger partial charge on any atom is -0.508 e. The first kappa shape index (κ1) is 105. The van der Waals surface area contributed by atoms with Crippen LogP contribution in [-0.4, -0.2) is 296 Å². The largest absolute Gasteiger partial charge is 0.508 e. The number of likely N-dealkylation sites (N-methyl/N-ethyl adjacent to an activating group) is 3. The number of phenols is 1. The molecule has 15 amide bonds. The molecule has 0 unspecified atom stereocenters. The number of phenolic OH excluding ortho intramolecular Hbond substituents is 1. The van der Waals surface area contributed by atoms with Gasteiger partial charge < -0.3 is 109 Å². The number of amides is 15. The van der Waals surface area contributed by atoms with Crippen molar-refractivity contribution in [3.8, 4) is 5.75 Å². The Morgan fingerprint density at radius 1 is 0.541 bits per heavy atom. The highest BCUT2D eigenvalue weighted by molar-refractivity contribution is 8.00. The number of H-pyrrole nitrogens is 1. The third-order valence-corrected chi connectivity index (χ3v) is 24.6. The van der Waals surface area contributed by atoms with Crippen LogP contribution in [0.25, 0.3) is 10.9 Å². The maximum absolute atomic E-state index is 15.7. The van der Waals surface area contributed by atoms with Crippen LogP contribution in [0.2, 0.25) is 0 Å². The highest BCUT2D eigenvalue weighted by Gasteiger charge is 2.46.